The summed E-state index contributed by atoms with van der Waals surface area (Å²) in [5, 5.41) is 4.03. The molecule has 1 aromatic heterocycles. The van der Waals surface area contributed by atoms with Gasteiger partial charge in [0.1, 0.15) is 23.7 Å². The molecule has 5 rings (SSSR count). The number of nitrogens with one attached hydrogen (secondary N) is 1. The second-order valence-electron chi connectivity index (χ2n) is 8.46. The van der Waals surface area contributed by atoms with Crippen molar-refractivity contribution in [1.82, 2.24) is 10.2 Å². The number of rotatable bonds is 6. The zero-order chi connectivity index (χ0) is 21.2. The fourth-order valence-corrected chi connectivity index (χ4v) is 4.46. The van der Waals surface area contributed by atoms with Crippen molar-refractivity contribution in [1.29, 1.82) is 0 Å². The molecule has 0 bridgehead atoms. The predicted octanol–water partition coefficient (Wildman–Crippen LogP) is 3.91. The molecule has 3 heterocycles. The number of furan rings is 1. The monoisotopic (exact) mass is 420 g/mol. The highest BCUT2D eigenvalue weighted by Crippen LogP contribution is 2.30. The average Bonchev–Trinajstić information content (AvgIpc) is 3.07. The van der Waals surface area contributed by atoms with Crippen molar-refractivity contribution in [2.24, 2.45) is 0 Å². The van der Waals surface area contributed by atoms with E-state index in [9.17, 15) is 4.79 Å². The van der Waals surface area contributed by atoms with Crippen LogP contribution in [0, 0.1) is 6.92 Å². The molecular formula is C25H28N2O4. The molecule has 0 radical (unpaired) electrons. The van der Waals surface area contributed by atoms with E-state index in [2.05, 4.69) is 10.2 Å². The number of amides is 1. The Morgan fingerprint density at radius 2 is 2.03 bits per heavy atom. The Labute approximate surface area is 182 Å². The molecule has 1 amide bonds. The van der Waals surface area contributed by atoms with Crippen molar-refractivity contribution < 1.29 is 18.7 Å². The summed E-state index contributed by atoms with van der Waals surface area (Å²) in [6.07, 6.45) is 2.08. The minimum atomic E-state index is -0.0758. The number of hydrogen-bond acceptors (Lipinski definition) is 5. The number of piperidine rings is 1. The lowest BCUT2D eigenvalue weighted by Gasteiger charge is -2.42. The van der Waals surface area contributed by atoms with Gasteiger partial charge in [0, 0.05) is 18.0 Å². The molecule has 1 N–H and O–H groups in total. The van der Waals surface area contributed by atoms with Crippen molar-refractivity contribution in [3.05, 3.63) is 65.4 Å². The first-order valence-electron chi connectivity index (χ1n) is 11.0. The number of ether oxygens (including phenoxy) is 2. The van der Waals surface area contributed by atoms with E-state index in [1.165, 1.54) is 0 Å². The number of carbonyl (C=O) groups excluding carboxylic acids is 1. The highest BCUT2D eigenvalue weighted by molar-refractivity contribution is 6.07. The van der Waals surface area contributed by atoms with Crippen LogP contribution in [0.15, 0.2) is 52.9 Å². The number of aryl methyl sites for hydroxylation is 1. The third-order valence-electron chi connectivity index (χ3n) is 6.24. The second kappa shape index (κ2) is 8.73. The van der Waals surface area contributed by atoms with Crippen molar-refractivity contribution in [3.8, 4) is 5.75 Å². The molecule has 1 atom stereocenters. The third-order valence-corrected chi connectivity index (χ3v) is 6.24. The zero-order valence-corrected chi connectivity index (χ0v) is 17.8. The van der Waals surface area contributed by atoms with Gasteiger partial charge in [-0.1, -0.05) is 30.3 Å². The highest BCUT2D eigenvalue weighted by Gasteiger charge is 2.31. The maximum atomic E-state index is 13.2. The van der Waals surface area contributed by atoms with Crippen LogP contribution in [-0.2, 0) is 11.3 Å². The molecule has 0 unspecified atom stereocenters. The molecule has 2 aliphatic heterocycles. The molecular weight excluding hydrogens is 392 g/mol. The van der Waals surface area contributed by atoms with E-state index in [4.69, 9.17) is 13.9 Å². The van der Waals surface area contributed by atoms with Gasteiger partial charge in [-0.2, -0.15) is 0 Å². The Kier molecular flexibility index (Phi) is 5.66. The summed E-state index contributed by atoms with van der Waals surface area (Å²) >= 11 is 0. The zero-order valence-electron chi connectivity index (χ0n) is 17.8. The van der Waals surface area contributed by atoms with Crippen LogP contribution >= 0.6 is 0 Å². The van der Waals surface area contributed by atoms with Gasteiger partial charge in [-0.3, -0.25) is 9.69 Å². The molecule has 6 nitrogen and oxygen atoms in total. The Morgan fingerprint density at radius 1 is 1.19 bits per heavy atom. The van der Waals surface area contributed by atoms with E-state index in [1.54, 1.807) is 0 Å². The lowest BCUT2D eigenvalue weighted by molar-refractivity contribution is -0.0728. The summed E-state index contributed by atoms with van der Waals surface area (Å²) in [4.78, 5) is 15.6. The SMILES string of the molecule is Cc1oc2ccc(OCc3ccccc3)cc2c1C(=O)N[C@H]1CCCN(C2COC2)C1. The first-order chi connectivity index (χ1) is 15.2. The summed E-state index contributed by atoms with van der Waals surface area (Å²) in [5.41, 5.74) is 2.40. The van der Waals surface area contributed by atoms with Crippen LogP contribution in [-0.4, -0.2) is 49.2 Å². The number of benzene rings is 2. The maximum absolute atomic E-state index is 13.2. The fourth-order valence-electron chi connectivity index (χ4n) is 4.46. The molecule has 2 fully saturated rings. The minimum absolute atomic E-state index is 0.0758. The number of hydrogen-bond donors (Lipinski definition) is 1. The standard InChI is InChI=1S/C25H28N2O4/c1-17-24(25(28)26-19-8-5-11-27(13-19)20-15-29-16-20)22-12-21(9-10-23(22)31-17)30-14-18-6-3-2-4-7-18/h2-4,6-7,9-10,12,19-20H,5,8,11,13-16H2,1H3,(H,26,28)/t19-/m0/s1. The molecule has 0 spiro atoms. The predicted molar refractivity (Wildman–Crippen MR) is 118 cm³/mol. The summed E-state index contributed by atoms with van der Waals surface area (Å²) in [6, 6.07) is 16.3. The van der Waals surface area contributed by atoms with Crippen molar-refractivity contribution in [3.63, 3.8) is 0 Å². The van der Waals surface area contributed by atoms with Crippen LogP contribution in [0.1, 0.15) is 34.5 Å². The molecule has 0 saturated carbocycles. The average molecular weight is 421 g/mol. The molecule has 2 aliphatic rings. The molecule has 6 heteroatoms. The molecule has 162 valence electrons. The van der Waals surface area contributed by atoms with E-state index >= 15 is 0 Å². The van der Waals surface area contributed by atoms with Gasteiger partial charge < -0.3 is 19.2 Å². The van der Waals surface area contributed by atoms with Gasteiger partial charge in [0.15, 0.2) is 0 Å². The van der Waals surface area contributed by atoms with Crippen LogP contribution in [0.3, 0.4) is 0 Å². The summed E-state index contributed by atoms with van der Waals surface area (Å²) in [5.74, 6) is 1.28. The molecule has 3 aromatic rings. The van der Waals surface area contributed by atoms with Crippen LogP contribution in [0.25, 0.3) is 11.0 Å². The van der Waals surface area contributed by atoms with Gasteiger partial charge >= 0.3 is 0 Å². The van der Waals surface area contributed by atoms with Crippen LogP contribution in [0.2, 0.25) is 0 Å². The first kappa shape index (κ1) is 20.1. The normalized spacial score (nSPS) is 19.8. The molecule has 2 saturated heterocycles. The van der Waals surface area contributed by atoms with Gasteiger partial charge in [-0.25, -0.2) is 0 Å². The summed E-state index contributed by atoms with van der Waals surface area (Å²) in [7, 11) is 0. The van der Waals surface area contributed by atoms with Crippen LogP contribution in [0.5, 0.6) is 5.75 Å². The van der Waals surface area contributed by atoms with Crippen molar-refractivity contribution >= 4 is 16.9 Å². The Hall–Kier alpha value is -2.83. The quantitative estimate of drug-likeness (QED) is 0.655. The second-order valence-corrected chi connectivity index (χ2v) is 8.46. The van der Waals surface area contributed by atoms with E-state index in [1.807, 2.05) is 55.5 Å². The Bertz CT molecular complexity index is 1060. The number of nitrogens with zero attached hydrogens (tertiary/aromatic N) is 1. The molecule has 31 heavy (non-hydrogen) atoms. The molecule has 2 aromatic carbocycles. The fraction of sp³-hybridized carbons (Fsp3) is 0.400. The summed E-state index contributed by atoms with van der Waals surface area (Å²) in [6.45, 7) is 5.89. The van der Waals surface area contributed by atoms with E-state index < -0.39 is 0 Å². The van der Waals surface area contributed by atoms with Gasteiger partial charge in [0.2, 0.25) is 0 Å². The topological polar surface area (TPSA) is 63.9 Å². The van der Waals surface area contributed by atoms with Crippen molar-refractivity contribution in [2.75, 3.05) is 26.3 Å². The molecule has 0 aliphatic carbocycles. The largest absolute Gasteiger partial charge is 0.489 e. The number of carbonyl (C=O) groups is 1. The van der Waals surface area contributed by atoms with Gasteiger partial charge in [-0.05, 0) is 50.1 Å². The third kappa shape index (κ3) is 4.31. The first-order valence-corrected chi connectivity index (χ1v) is 11.0. The maximum Gasteiger partial charge on any atom is 0.255 e. The van der Waals surface area contributed by atoms with Crippen molar-refractivity contribution in [2.45, 2.75) is 38.5 Å². The Balaban J connectivity index is 1.31. The highest BCUT2D eigenvalue weighted by atomic mass is 16.5. The van der Waals surface area contributed by atoms with E-state index in [0.29, 0.717) is 29.6 Å². The van der Waals surface area contributed by atoms with Gasteiger partial charge in [0.25, 0.3) is 5.91 Å². The smallest absolute Gasteiger partial charge is 0.255 e. The summed E-state index contributed by atoms with van der Waals surface area (Å²) < 4.78 is 17.2. The Morgan fingerprint density at radius 3 is 2.81 bits per heavy atom. The van der Waals surface area contributed by atoms with Crippen LogP contribution in [0.4, 0.5) is 0 Å². The minimum Gasteiger partial charge on any atom is -0.489 e. The lowest BCUT2D eigenvalue weighted by Crippen LogP contribution is -2.56. The number of fused-ring (bicyclic) bond motifs is 1. The van der Waals surface area contributed by atoms with Crippen LogP contribution < -0.4 is 10.1 Å². The lowest BCUT2D eigenvalue weighted by atomic mass is 10.0. The van der Waals surface area contributed by atoms with Gasteiger partial charge in [0.05, 0.1) is 24.8 Å². The van der Waals surface area contributed by atoms with E-state index in [-0.39, 0.29) is 11.9 Å². The van der Waals surface area contributed by atoms with Gasteiger partial charge in [-0.15, -0.1) is 0 Å². The van der Waals surface area contributed by atoms with E-state index in [0.717, 1.165) is 55.8 Å². The number of likely N-dealkylation sites (tertiary alicyclic amines) is 1.